The third-order valence-corrected chi connectivity index (χ3v) is 4.66. The zero-order valence-electron chi connectivity index (χ0n) is 12.7. The fourth-order valence-electron chi connectivity index (χ4n) is 2.90. The Kier molecular flexibility index (Phi) is 5.11. The van der Waals surface area contributed by atoms with Gasteiger partial charge in [-0.25, -0.2) is 0 Å². The molecule has 0 spiro atoms. The molecule has 1 aromatic rings. The summed E-state index contributed by atoms with van der Waals surface area (Å²) in [5.74, 6) is 0. The first-order chi connectivity index (χ1) is 9.39. The molecular formula is C17H26ClNO. The standard InChI is InChI=1S/C17H26ClNO/c1-12(19)16(14-6-4-5-7-15(14)18)20-13-8-10-17(2,3)11-9-13/h4-7,12-13,16H,8-11,19H2,1-3H3. The summed E-state index contributed by atoms with van der Waals surface area (Å²) in [5, 5.41) is 0.742. The Bertz CT molecular complexity index is 434. The second-order valence-corrected chi connectivity index (χ2v) is 7.21. The molecule has 0 saturated heterocycles. The van der Waals surface area contributed by atoms with Gasteiger partial charge in [-0.3, -0.25) is 0 Å². The highest BCUT2D eigenvalue weighted by molar-refractivity contribution is 6.31. The maximum Gasteiger partial charge on any atom is 0.0991 e. The minimum atomic E-state index is -0.116. The van der Waals surface area contributed by atoms with Gasteiger partial charge in [0.25, 0.3) is 0 Å². The first-order valence-electron chi connectivity index (χ1n) is 7.54. The summed E-state index contributed by atoms with van der Waals surface area (Å²) in [6.45, 7) is 6.65. The molecule has 0 bridgehead atoms. The van der Waals surface area contributed by atoms with Crippen LogP contribution in [0.3, 0.4) is 0 Å². The number of hydrogen-bond acceptors (Lipinski definition) is 2. The molecule has 1 saturated carbocycles. The van der Waals surface area contributed by atoms with Gasteiger partial charge in [0.1, 0.15) is 0 Å². The molecule has 0 radical (unpaired) electrons. The normalized spacial score (nSPS) is 22.4. The van der Waals surface area contributed by atoms with E-state index < -0.39 is 0 Å². The lowest BCUT2D eigenvalue weighted by Crippen LogP contribution is -2.33. The summed E-state index contributed by atoms with van der Waals surface area (Å²) in [6.07, 6.45) is 4.84. The van der Waals surface area contributed by atoms with Crippen molar-refractivity contribution in [2.24, 2.45) is 11.1 Å². The Morgan fingerprint density at radius 3 is 2.40 bits per heavy atom. The number of nitrogens with two attached hydrogens (primary N) is 1. The summed E-state index contributed by atoms with van der Waals surface area (Å²) in [6, 6.07) is 7.78. The van der Waals surface area contributed by atoms with Crippen molar-refractivity contribution < 1.29 is 4.74 Å². The number of rotatable bonds is 4. The highest BCUT2D eigenvalue weighted by atomic mass is 35.5. The molecule has 2 N–H and O–H groups in total. The van der Waals surface area contributed by atoms with Crippen molar-refractivity contribution in [3.05, 3.63) is 34.9 Å². The topological polar surface area (TPSA) is 35.2 Å². The second-order valence-electron chi connectivity index (χ2n) is 6.80. The molecule has 1 aliphatic rings. The van der Waals surface area contributed by atoms with E-state index in [0.717, 1.165) is 23.4 Å². The first-order valence-corrected chi connectivity index (χ1v) is 7.92. The average Bonchev–Trinajstić information content (AvgIpc) is 2.38. The van der Waals surface area contributed by atoms with Crippen LogP contribution in [0.1, 0.15) is 58.1 Å². The van der Waals surface area contributed by atoms with Crippen LogP contribution >= 0.6 is 11.6 Å². The Hall–Kier alpha value is -0.570. The van der Waals surface area contributed by atoms with Gasteiger partial charge in [0, 0.05) is 16.6 Å². The minimum absolute atomic E-state index is 0.0650. The number of hydrogen-bond donors (Lipinski definition) is 1. The van der Waals surface area contributed by atoms with Crippen LogP contribution in [0.4, 0.5) is 0 Å². The predicted octanol–water partition coefficient (Wildman–Crippen LogP) is 4.71. The summed E-state index contributed by atoms with van der Waals surface area (Å²) in [7, 11) is 0. The number of ether oxygens (including phenoxy) is 1. The summed E-state index contributed by atoms with van der Waals surface area (Å²) >= 11 is 6.29. The first kappa shape index (κ1) is 15.8. The fourth-order valence-corrected chi connectivity index (χ4v) is 3.15. The largest absolute Gasteiger partial charge is 0.369 e. The third kappa shape index (κ3) is 3.97. The van der Waals surface area contributed by atoms with Crippen molar-refractivity contribution in [1.82, 2.24) is 0 Å². The van der Waals surface area contributed by atoms with Crippen LogP contribution in [0.2, 0.25) is 5.02 Å². The van der Waals surface area contributed by atoms with E-state index in [9.17, 15) is 0 Å². The highest BCUT2D eigenvalue weighted by Crippen LogP contribution is 2.38. The summed E-state index contributed by atoms with van der Waals surface area (Å²) < 4.78 is 6.30. The van der Waals surface area contributed by atoms with Crippen LogP contribution in [-0.2, 0) is 4.74 Å². The van der Waals surface area contributed by atoms with E-state index in [-0.39, 0.29) is 12.1 Å². The maximum absolute atomic E-state index is 6.30. The van der Waals surface area contributed by atoms with E-state index in [1.54, 1.807) is 0 Å². The van der Waals surface area contributed by atoms with Crippen LogP contribution < -0.4 is 5.73 Å². The molecule has 2 atom stereocenters. The lowest BCUT2D eigenvalue weighted by atomic mass is 9.76. The van der Waals surface area contributed by atoms with Crippen molar-refractivity contribution in [2.75, 3.05) is 0 Å². The Morgan fingerprint density at radius 2 is 1.85 bits per heavy atom. The minimum Gasteiger partial charge on any atom is -0.369 e. The van der Waals surface area contributed by atoms with Crippen LogP contribution in [0.25, 0.3) is 0 Å². The molecule has 20 heavy (non-hydrogen) atoms. The maximum atomic E-state index is 6.30. The number of halogens is 1. The van der Waals surface area contributed by atoms with Crippen molar-refractivity contribution >= 4 is 11.6 Å². The summed E-state index contributed by atoms with van der Waals surface area (Å²) in [5.41, 5.74) is 7.59. The molecule has 112 valence electrons. The van der Waals surface area contributed by atoms with Gasteiger partial charge in [0.15, 0.2) is 0 Å². The van der Waals surface area contributed by atoms with Crippen LogP contribution in [0.5, 0.6) is 0 Å². The lowest BCUT2D eigenvalue weighted by molar-refractivity contribution is -0.0548. The van der Waals surface area contributed by atoms with Gasteiger partial charge in [-0.15, -0.1) is 0 Å². The molecule has 0 aliphatic heterocycles. The molecule has 2 rings (SSSR count). The Labute approximate surface area is 127 Å². The average molecular weight is 296 g/mol. The molecule has 1 fully saturated rings. The highest BCUT2D eigenvalue weighted by Gasteiger charge is 2.30. The Morgan fingerprint density at radius 1 is 1.25 bits per heavy atom. The smallest absolute Gasteiger partial charge is 0.0991 e. The van der Waals surface area contributed by atoms with Crippen molar-refractivity contribution in [2.45, 2.75) is 64.7 Å². The monoisotopic (exact) mass is 295 g/mol. The zero-order valence-corrected chi connectivity index (χ0v) is 13.5. The molecular weight excluding hydrogens is 270 g/mol. The quantitative estimate of drug-likeness (QED) is 0.873. The van der Waals surface area contributed by atoms with Crippen molar-refractivity contribution in [1.29, 1.82) is 0 Å². The number of benzene rings is 1. The van der Waals surface area contributed by atoms with Gasteiger partial charge >= 0.3 is 0 Å². The Balaban J connectivity index is 2.06. The van der Waals surface area contributed by atoms with Gasteiger partial charge in [0.05, 0.1) is 12.2 Å². The van der Waals surface area contributed by atoms with Crippen molar-refractivity contribution in [3.8, 4) is 0 Å². The van der Waals surface area contributed by atoms with Gasteiger partial charge in [-0.2, -0.15) is 0 Å². The van der Waals surface area contributed by atoms with Crippen LogP contribution in [0.15, 0.2) is 24.3 Å². The predicted molar refractivity (Wildman–Crippen MR) is 85.0 cm³/mol. The van der Waals surface area contributed by atoms with E-state index in [4.69, 9.17) is 22.1 Å². The fraction of sp³-hybridized carbons (Fsp3) is 0.647. The van der Waals surface area contributed by atoms with Crippen LogP contribution in [0, 0.1) is 5.41 Å². The molecule has 1 aromatic carbocycles. The van der Waals surface area contributed by atoms with Crippen LogP contribution in [-0.4, -0.2) is 12.1 Å². The van der Waals surface area contributed by atoms with Gasteiger partial charge < -0.3 is 10.5 Å². The SMILES string of the molecule is CC(N)C(OC1CCC(C)(C)CC1)c1ccccc1Cl. The second kappa shape index (κ2) is 6.46. The van der Waals surface area contributed by atoms with E-state index in [2.05, 4.69) is 13.8 Å². The van der Waals surface area contributed by atoms with E-state index >= 15 is 0 Å². The molecule has 3 heteroatoms. The summed E-state index contributed by atoms with van der Waals surface area (Å²) in [4.78, 5) is 0. The van der Waals surface area contributed by atoms with E-state index in [0.29, 0.717) is 11.5 Å². The van der Waals surface area contributed by atoms with Gasteiger partial charge in [0.2, 0.25) is 0 Å². The molecule has 0 heterocycles. The molecule has 0 aromatic heterocycles. The zero-order chi connectivity index (χ0) is 14.8. The molecule has 1 aliphatic carbocycles. The third-order valence-electron chi connectivity index (χ3n) is 4.31. The molecule has 2 nitrogen and oxygen atoms in total. The molecule has 2 unspecified atom stereocenters. The van der Waals surface area contributed by atoms with E-state index in [1.807, 2.05) is 31.2 Å². The van der Waals surface area contributed by atoms with E-state index in [1.165, 1.54) is 12.8 Å². The van der Waals surface area contributed by atoms with Gasteiger partial charge in [-0.05, 0) is 44.1 Å². The van der Waals surface area contributed by atoms with Crippen molar-refractivity contribution in [3.63, 3.8) is 0 Å². The van der Waals surface area contributed by atoms with Gasteiger partial charge in [-0.1, -0.05) is 43.6 Å². The molecule has 0 amide bonds. The lowest BCUT2D eigenvalue weighted by Gasteiger charge is -2.37.